The van der Waals surface area contributed by atoms with Gasteiger partial charge in [-0.1, -0.05) is 42.0 Å². The first-order valence-corrected chi connectivity index (χ1v) is 10.4. The molecule has 0 aliphatic heterocycles. The summed E-state index contributed by atoms with van der Waals surface area (Å²) in [5, 5.41) is 1.06. The van der Waals surface area contributed by atoms with Gasteiger partial charge in [0.2, 0.25) is 0 Å². The van der Waals surface area contributed by atoms with Crippen LogP contribution in [0.5, 0.6) is 0 Å². The van der Waals surface area contributed by atoms with Gasteiger partial charge in [0.05, 0.1) is 35.5 Å². The molecule has 0 aliphatic rings. The number of carbonyl (C=O) groups is 2. The van der Waals surface area contributed by atoms with Crippen molar-refractivity contribution in [2.45, 2.75) is 20.8 Å². The lowest BCUT2D eigenvalue weighted by Gasteiger charge is -2.22. The van der Waals surface area contributed by atoms with Crippen LogP contribution in [-0.2, 0) is 9.47 Å². The van der Waals surface area contributed by atoms with Gasteiger partial charge < -0.3 is 9.47 Å². The van der Waals surface area contributed by atoms with Crippen molar-refractivity contribution in [1.29, 1.82) is 0 Å². The minimum absolute atomic E-state index is 0.153. The number of para-hydroxylation sites is 2. The Kier molecular flexibility index (Phi) is 5.93. The summed E-state index contributed by atoms with van der Waals surface area (Å²) in [4.78, 5) is 29.8. The average Bonchev–Trinajstić information content (AvgIpc) is 3.23. The fraction of sp³-hybridized carbons (Fsp3) is 0.208. The molecule has 0 aliphatic carbocycles. The number of carbonyl (C=O) groups excluding carboxylic acids is 2. The van der Waals surface area contributed by atoms with Crippen LogP contribution in [0.1, 0.15) is 19.4 Å². The third-order valence-electron chi connectivity index (χ3n) is 4.94. The third-order valence-corrected chi connectivity index (χ3v) is 4.94. The predicted molar refractivity (Wildman–Crippen MR) is 123 cm³/mol. The summed E-state index contributed by atoms with van der Waals surface area (Å²) in [6, 6.07) is 19.3. The molecule has 2 amide bonds. The van der Waals surface area contributed by atoms with Gasteiger partial charge in [-0.3, -0.25) is 4.40 Å². The number of rotatable bonds is 4. The molecule has 4 rings (SSSR count). The highest BCUT2D eigenvalue weighted by Gasteiger charge is 2.25. The van der Waals surface area contributed by atoms with Crippen LogP contribution >= 0.6 is 0 Å². The molecule has 0 saturated heterocycles. The van der Waals surface area contributed by atoms with E-state index in [0.717, 1.165) is 38.4 Å². The zero-order valence-electron chi connectivity index (χ0n) is 18.2. The number of benzene rings is 2. The van der Waals surface area contributed by atoms with Crippen LogP contribution < -0.4 is 10.4 Å². The summed E-state index contributed by atoms with van der Waals surface area (Å²) in [5.74, 6) is 0.401. The molecule has 164 valence electrons. The first-order chi connectivity index (χ1) is 15.5. The lowest BCUT2D eigenvalue weighted by Crippen LogP contribution is -2.47. The minimum Gasteiger partial charge on any atom is -0.449 e. The van der Waals surface area contributed by atoms with E-state index in [1.165, 1.54) is 0 Å². The van der Waals surface area contributed by atoms with Crippen LogP contribution in [-0.4, -0.2) is 34.8 Å². The molecule has 0 fully saturated rings. The summed E-state index contributed by atoms with van der Waals surface area (Å²) in [7, 11) is 0. The summed E-state index contributed by atoms with van der Waals surface area (Å²) < 4.78 is 12.0. The van der Waals surface area contributed by atoms with Crippen LogP contribution in [0.4, 0.5) is 15.4 Å². The average molecular weight is 432 g/mol. The smallest absolute Gasteiger partial charge is 0.434 e. The normalized spacial score (nSPS) is 10.8. The van der Waals surface area contributed by atoms with E-state index < -0.39 is 12.2 Å². The molecule has 4 aromatic rings. The molecule has 2 aromatic carbocycles. The van der Waals surface area contributed by atoms with Crippen LogP contribution in [0, 0.1) is 6.92 Å². The van der Waals surface area contributed by atoms with E-state index in [0.29, 0.717) is 5.82 Å². The molecule has 0 spiro atoms. The van der Waals surface area contributed by atoms with Gasteiger partial charge in [-0.2, -0.15) is 5.01 Å². The summed E-state index contributed by atoms with van der Waals surface area (Å²) >= 11 is 0. The van der Waals surface area contributed by atoms with Gasteiger partial charge in [0.15, 0.2) is 0 Å². The Bertz CT molecular complexity index is 1280. The summed E-state index contributed by atoms with van der Waals surface area (Å²) in [6.45, 7) is 5.74. The number of hydrogen-bond acceptors (Lipinski definition) is 5. The molecular formula is C24H24N4O4. The van der Waals surface area contributed by atoms with Crippen molar-refractivity contribution in [3.63, 3.8) is 0 Å². The van der Waals surface area contributed by atoms with E-state index in [9.17, 15) is 9.59 Å². The van der Waals surface area contributed by atoms with Crippen molar-refractivity contribution in [3.05, 3.63) is 66.2 Å². The van der Waals surface area contributed by atoms with Crippen LogP contribution in [0.15, 0.2) is 60.7 Å². The first-order valence-electron chi connectivity index (χ1n) is 10.4. The second-order valence-electron chi connectivity index (χ2n) is 7.09. The molecule has 2 aromatic heterocycles. The van der Waals surface area contributed by atoms with Crippen molar-refractivity contribution in [3.8, 4) is 11.3 Å². The Labute approximate surface area is 185 Å². The maximum atomic E-state index is 12.8. The highest BCUT2D eigenvalue weighted by Crippen LogP contribution is 2.32. The van der Waals surface area contributed by atoms with Crippen LogP contribution in [0.3, 0.4) is 0 Å². The Hall–Kier alpha value is -4.07. The maximum absolute atomic E-state index is 12.8. The number of aromatic nitrogens is 2. The first kappa shape index (κ1) is 21.2. The van der Waals surface area contributed by atoms with Crippen molar-refractivity contribution in [1.82, 2.24) is 14.8 Å². The van der Waals surface area contributed by atoms with E-state index in [4.69, 9.17) is 14.5 Å². The fourth-order valence-corrected chi connectivity index (χ4v) is 3.53. The molecule has 8 heteroatoms. The number of amides is 2. The third kappa shape index (κ3) is 3.94. The second-order valence-corrected chi connectivity index (χ2v) is 7.09. The van der Waals surface area contributed by atoms with Crippen LogP contribution in [0.25, 0.3) is 27.8 Å². The number of hydrogen-bond donors (Lipinski definition) is 1. The quantitative estimate of drug-likeness (QED) is 0.454. The number of ether oxygens (including phenoxy) is 2. The molecular weight excluding hydrogens is 408 g/mol. The second kappa shape index (κ2) is 8.97. The van der Waals surface area contributed by atoms with Gasteiger partial charge in [-0.25, -0.2) is 20.0 Å². The van der Waals surface area contributed by atoms with Gasteiger partial charge in [-0.05, 0) is 45.0 Å². The molecule has 0 atom stereocenters. The lowest BCUT2D eigenvalue weighted by atomic mass is 10.1. The topological polar surface area (TPSA) is 85.2 Å². The SMILES string of the molecule is CCOC(=O)NN(C(=O)OCC)c1ccc2c(-c3ccc(C)cc3)nc3ccccc3n12. The van der Waals surface area contributed by atoms with Gasteiger partial charge in [-0.15, -0.1) is 0 Å². The monoisotopic (exact) mass is 432 g/mol. The molecule has 0 radical (unpaired) electrons. The molecule has 0 unspecified atom stereocenters. The van der Waals surface area contributed by atoms with Crippen molar-refractivity contribution >= 4 is 34.6 Å². The van der Waals surface area contributed by atoms with E-state index in [-0.39, 0.29) is 13.2 Å². The minimum atomic E-state index is -0.757. The highest BCUT2D eigenvalue weighted by molar-refractivity contribution is 5.95. The standard InChI is InChI=1S/C24H24N4O4/c1-4-31-23(29)26-28(24(30)32-5-2)21-15-14-20-22(17-12-10-16(3)11-13-17)25-18-8-6-7-9-19(18)27(20)21/h6-15H,4-5H2,1-3H3,(H,26,29). The molecule has 2 heterocycles. The largest absolute Gasteiger partial charge is 0.449 e. The zero-order chi connectivity index (χ0) is 22.7. The Morgan fingerprint density at radius 1 is 0.938 bits per heavy atom. The zero-order valence-corrected chi connectivity index (χ0v) is 18.2. The van der Waals surface area contributed by atoms with Gasteiger partial charge in [0.1, 0.15) is 5.82 Å². The Morgan fingerprint density at radius 2 is 1.66 bits per heavy atom. The van der Waals surface area contributed by atoms with Crippen molar-refractivity contribution in [2.75, 3.05) is 18.2 Å². The van der Waals surface area contributed by atoms with Gasteiger partial charge >= 0.3 is 12.2 Å². The molecule has 0 saturated carbocycles. The highest BCUT2D eigenvalue weighted by atomic mass is 16.6. The van der Waals surface area contributed by atoms with Crippen molar-refractivity contribution in [2.24, 2.45) is 0 Å². The Balaban J connectivity index is 1.96. The van der Waals surface area contributed by atoms with E-state index in [1.807, 2.05) is 65.9 Å². The van der Waals surface area contributed by atoms with E-state index in [2.05, 4.69) is 5.43 Å². The summed E-state index contributed by atoms with van der Waals surface area (Å²) in [5.41, 5.74) is 7.63. The van der Waals surface area contributed by atoms with E-state index in [1.54, 1.807) is 19.9 Å². The number of fused-ring (bicyclic) bond motifs is 3. The number of aryl methyl sites for hydroxylation is 1. The predicted octanol–water partition coefficient (Wildman–Crippen LogP) is 5.09. The van der Waals surface area contributed by atoms with Gasteiger partial charge in [0, 0.05) is 5.56 Å². The van der Waals surface area contributed by atoms with Crippen molar-refractivity contribution < 1.29 is 19.1 Å². The maximum Gasteiger partial charge on any atom is 0.434 e. The fourth-order valence-electron chi connectivity index (χ4n) is 3.53. The Morgan fingerprint density at radius 3 is 2.38 bits per heavy atom. The summed E-state index contributed by atoms with van der Waals surface area (Å²) in [6.07, 6.45) is -1.48. The van der Waals surface area contributed by atoms with Crippen LogP contribution in [0.2, 0.25) is 0 Å². The number of anilines is 1. The molecule has 0 bridgehead atoms. The molecule has 8 nitrogen and oxygen atoms in total. The lowest BCUT2D eigenvalue weighted by molar-refractivity contribution is 0.138. The molecule has 32 heavy (non-hydrogen) atoms. The van der Waals surface area contributed by atoms with Gasteiger partial charge in [0.25, 0.3) is 0 Å². The van der Waals surface area contributed by atoms with E-state index >= 15 is 0 Å². The molecule has 1 N–H and O–H groups in total. The number of hydrazine groups is 1. The number of nitrogens with one attached hydrogen (secondary N) is 1. The number of nitrogens with zero attached hydrogens (tertiary/aromatic N) is 3.